The molecule has 0 heterocycles. The summed E-state index contributed by atoms with van der Waals surface area (Å²) in [6, 6.07) is 0. The zero-order chi connectivity index (χ0) is 37.4. The van der Waals surface area contributed by atoms with Gasteiger partial charge in [-0.25, -0.2) is 0 Å². The number of esters is 1. The van der Waals surface area contributed by atoms with Crippen LogP contribution in [-0.4, -0.2) is 61.2 Å². The molecule has 0 radical (unpaired) electrons. The topological polar surface area (TPSA) is 124 Å². The number of Topliss-reactive ketones (excluding diaryl/α,β-unsaturated/α-hetero) is 1. The van der Waals surface area contributed by atoms with Crippen molar-refractivity contribution in [3.63, 3.8) is 0 Å². The van der Waals surface area contributed by atoms with Crippen molar-refractivity contribution >= 4 is 11.8 Å². The van der Waals surface area contributed by atoms with Crippen LogP contribution in [-0.2, 0) is 14.3 Å². The van der Waals surface area contributed by atoms with Crippen LogP contribution in [0.15, 0.2) is 100 Å². The van der Waals surface area contributed by atoms with E-state index in [-0.39, 0.29) is 36.1 Å². The molecule has 0 aliphatic heterocycles. The minimum atomic E-state index is -1.66. The third-order valence-corrected chi connectivity index (χ3v) is 9.85. The smallest absolute Gasteiger partial charge is 0.302 e. The lowest BCUT2D eigenvalue weighted by molar-refractivity contribution is -0.243. The molecule has 49 heavy (non-hydrogen) atoms. The average Bonchev–Trinajstić information content (AvgIpc) is 2.92. The Morgan fingerprint density at radius 3 is 1.80 bits per heavy atom. The van der Waals surface area contributed by atoms with Gasteiger partial charge in [-0.2, -0.15) is 0 Å². The molecule has 0 bridgehead atoms. The molecule has 0 unspecified atom stereocenters. The molecule has 0 aromatic rings. The van der Waals surface area contributed by atoms with Crippen molar-refractivity contribution in [1.29, 1.82) is 0 Å². The fraction of sp³-hybridized carbons (Fsp3) is 0.548. The first-order valence-corrected chi connectivity index (χ1v) is 17.2. The summed E-state index contributed by atoms with van der Waals surface area (Å²) in [6.07, 6.45) is 21.1. The van der Waals surface area contributed by atoms with Crippen molar-refractivity contribution in [2.24, 2.45) is 10.8 Å². The molecule has 0 spiro atoms. The van der Waals surface area contributed by atoms with Crippen molar-refractivity contribution in [3.05, 3.63) is 100 Å². The molecule has 0 saturated heterocycles. The van der Waals surface area contributed by atoms with Crippen molar-refractivity contribution in [2.45, 2.75) is 137 Å². The normalized spacial score (nSPS) is 31.4. The lowest BCUT2D eigenvalue weighted by atomic mass is 9.56. The maximum Gasteiger partial charge on any atom is 0.302 e. The summed E-state index contributed by atoms with van der Waals surface area (Å²) < 4.78 is 5.41. The minimum absolute atomic E-state index is 0.0198. The zero-order valence-corrected chi connectivity index (χ0v) is 31.6. The van der Waals surface area contributed by atoms with E-state index in [4.69, 9.17) is 4.74 Å². The van der Waals surface area contributed by atoms with Gasteiger partial charge in [0.2, 0.25) is 0 Å². The molecule has 5 atom stereocenters. The fourth-order valence-electron chi connectivity index (χ4n) is 7.22. The molecule has 0 amide bonds. The summed E-state index contributed by atoms with van der Waals surface area (Å²) >= 11 is 0. The van der Waals surface area contributed by atoms with Gasteiger partial charge >= 0.3 is 5.97 Å². The minimum Gasteiger partial charge on any atom is -0.462 e. The van der Waals surface area contributed by atoms with Crippen molar-refractivity contribution in [1.82, 2.24) is 0 Å². The van der Waals surface area contributed by atoms with Crippen LogP contribution in [0.25, 0.3) is 0 Å². The Bertz CT molecular complexity index is 1470. The van der Waals surface area contributed by atoms with Gasteiger partial charge in [-0.15, -0.1) is 5.73 Å². The van der Waals surface area contributed by atoms with E-state index in [0.29, 0.717) is 24.8 Å². The second-order valence-corrected chi connectivity index (χ2v) is 15.8. The van der Waals surface area contributed by atoms with Gasteiger partial charge in [0.05, 0.1) is 17.3 Å². The summed E-state index contributed by atoms with van der Waals surface area (Å²) in [6.45, 7) is 19.9. The number of allylic oxidation sites excluding steroid dienone is 14. The number of hydrogen-bond donors (Lipinski definition) is 4. The van der Waals surface area contributed by atoms with E-state index >= 15 is 0 Å². The van der Waals surface area contributed by atoms with E-state index in [0.717, 1.165) is 22.3 Å². The Morgan fingerprint density at radius 2 is 1.29 bits per heavy atom. The largest absolute Gasteiger partial charge is 0.462 e. The first-order valence-electron chi connectivity index (χ1n) is 17.2. The number of ether oxygens (including phenoxy) is 1. The number of ketones is 1. The fourth-order valence-corrected chi connectivity index (χ4v) is 7.22. The number of rotatable bonds is 11. The highest BCUT2D eigenvalue weighted by Crippen LogP contribution is 2.51. The van der Waals surface area contributed by atoms with Gasteiger partial charge in [0.25, 0.3) is 0 Å². The first kappa shape index (κ1) is 41.8. The number of carbonyl (C=O) groups is 2. The van der Waals surface area contributed by atoms with Crippen LogP contribution in [0.3, 0.4) is 0 Å². The van der Waals surface area contributed by atoms with Crippen molar-refractivity contribution in [3.8, 4) is 0 Å². The molecule has 4 N–H and O–H groups in total. The number of aliphatic hydroxyl groups is 4. The molecule has 2 saturated carbocycles. The van der Waals surface area contributed by atoms with Gasteiger partial charge in [-0.05, 0) is 82.4 Å². The zero-order valence-electron chi connectivity index (χ0n) is 31.6. The van der Waals surface area contributed by atoms with Gasteiger partial charge in [-0.1, -0.05) is 99.6 Å². The quantitative estimate of drug-likeness (QED) is 0.0767. The monoisotopic (exact) mass is 676 g/mol. The Labute approximate surface area is 294 Å². The Kier molecular flexibility index (Phi) is 14.2. The molecule has 0 aromatic carbocycles. The number of aliphatic hydroxyl groups excluding tert-OH is 1. The number of carbonyl (C=O) groups excluding carboxylic acids is 2. The predicted octanol–water partition coefficient (Wildman–Crippen LogP) is 7.65. The highest BCUT2D eigenvalue weighted by Gasteiger charge is 2.60. The van der Waals surface area contributed by atoms with E-state index in [9.17, 15) is 30.0 Å². The van der Waals surface area contributed by atoms with Crippen LogP contribution in [0.1, 0.15) is 108 Å². The van der Waals surface area contributed by atoms with Gasteiger partial charge in [-0.3, -0.25) is 9.59 Å². The Morgan fingerprint density at radius 1 is 0.755 bits per heavy atom. The first-order chi connectivity index (χ1) is 22.4. The molecule has 270 valence electrons. The molecular formula is C42H60O7. The highest BCUT2D eigenvalue weighted by molar-refractivity contribution is 5.96. The average molecular weight is 677 g/mol. The molecule has 7 heteroatoms. The van der Waals surface area contributed by atoms with E-state index in [1.165, 1.54) is 13.8 Å². The summed E-state index contributed by atoms with van der Waals surface area (Å²) in [5.41, 5.74) is 2.07. The lowest BCUT2D eigenvalue weighted by Crippen LogP contribution is -2.66. The lowest BCUT2D eigenvalue weighted by Gasteiger charge is -2.56. The van der Waals surface area contributed by atoms with Crippen LogP contribution in [0, 0.1) is 10.8 Å². The van der Waals surface area contributed by atoms with Gasteiger partial charge in [0, 0.05) is 31.8 Å². The molecule has 2 fully saturated rings. The standard InChI is InChI=1S/C42H60O7/c1-29(18-14-19-31(3)22-23-37-38(6,7)26-35(49-33(5)43)27-40(37,10)46)16-12-13-17-30(2)20-15-21-32(4)36(45)28-42(48)39(8,9)24-34(44)25-41(42,11)47/h12-22,34-35,44,46-48H,24-28H2,1-11H3/b13-12+,18-14+,20-15+,29-16+,30-17+,31-19+,32-21+/t23?,34-,35-,40+,41+,42-/m0/s1. The molecule has 2 rings (SSSR count). The summed E-state index contributed by atoms with van der Waals surface area (Å²) in [4.78, 5) is 24.5. The Balaban J connectivity index is 2.00. The van der Waals surface area contributed by atoms with E-state index < -0.39 is 28.3 Å². The molecular weight excluding hydrogens is 616 g/mol. The summed E-state index contributed by atoms with van der Waals surface area (Å²) in [5.74, 6) is -0.584. The maximum absolute atomic E-state index is 13.0. The van der Waals surface area contributed by atoms with Gasteiger partial charge < -0.3 is 25.2 Å². The second kappa shape index (κ2) is 16.6. The Hall–Kier alpha value is -3.32. The van der Waals surface area contributed by atoms with Crippen LogP contribution in [0.5, 0.6) is 0 Å². The highest BCUT2D eigenvalue weighted by atomic mass is 16.5. The van der Waals surface area contributed by atoms with Crippen molar-refractivity contribution < 1.29 is 34.8 Å². The van der Waals surface area contributed by atoms with Gasteiger partial charge in [0.15, 0.2) is 5.78 Å². The van der Waals surface area contributed by atoms with Crippen LogP contribution in [0.4, 0.5) is 0 Å². The number of hydrogen-bond acceptors (Lipinski definition) is 7. The molecule has 2 aliphatic carbocycles. The van der Waals surface area contributed by atoms with E-state index in [2.05, 4.69) is 5.73 Å². The predicted molar refractivity (Wildman–Crippen MR) is 197 cm³/mol. The van der Waals surface area contributed by atoms with Crippen LogP contribution >= 0.6 is 0 Å². The molecule has 0 aromatic heterocycles. The third kappa shape index (κ3) is 11.6. The summed E-state index contributed by atoms with van der Waals surface area (Å²) in [7, 11) is 0. The molecule has 7 nitrogen and oxygen atoms in total. The van der Waals surface area contributed by atoms with Crippen molar-refractivity contribution in [2.75, 3.05) is 0 Å². The van der Waals surface area contributed by atoms with Crippen LogP contribution in [0.2, 0.25) is 0 Å². The SMILES string of the molecule is CC(=O)O[C@H]1CC(C)(C)C(=C=C/C(C)=C/C=C/C(C)=C/C=C/C=C(C)/C=C/C=C(\C)C(=O)C[C@]2(O)C(C)(C)C[C@H](O)C[C@@]2(C)O)[C@](C)(O)C1. The van der Waals surface area contributed by atoms with E-state index in [1.807, 2.05) is 89.3 Å². The van der Waals surface area contributed by atoms with E-state index in [1.54, 1.807) is 39.8 Å². The second-order valence-electron chi connectivity index (χ2n) is 15.8. The maximum atomic E-state index is 13.0. The van der Waals surface area contributed by atoms with Crippen LogP contribution < -0.4 is 0 Å². The molecule has 2 aliphatic rings. The third-order valence-electron chi connectivity index (χ3n) is 9.85. The summed E-state index contributed by atoms with van der Waals surface area (Å²) in [5, 5.41) is 43.7. The van der Waals surface area contributed by atoms with Gasteiger partial charge in [0.1, 0.15) is 11.7 Å².